The number of hydrogen-bond acceptors (Lipinski definition) is 4. The largest absolute Gasteiger partial charge is 0.314 e. The monoisotopic (exact) mass is 391 g/mol. The van der Waals surface area contributed by atoms with Crippen LogP contribution in [0.3, 0.4) is 0 Å². The number of rotatable bonds is 4. The lowest BCUT2D eigenvalue weighted by molar-refractivity contribution is 0.600. The fraction of sp³-hybridized carbons (Fsp3) is 0.167. The number of aryl methyl sites for hydroxylation is 1. The molecule has 0 spiro atoms. The SMILES string of the molecule is CCn1cc(NS(=O)(=O)c2cc(Br)cnc2Cl)ccc1=O. The number of hydrogen-bond donors (Lipinski definition) is 1. The van der Waals surface area contributed by atoms with Gasteiger partial charge in [-0.05, 0) is 35.0 Å². The number of aromatic nitrogens is 2. The summed E-state index contributed by atoms with van der Waals surface area (Å²) >= 11 is 8.97. The van der Waals surface area contributed by atoms with E-state index in [0.29, 0.717) is 11.0 Å². The molecule has 2 rings (SSSR count). The lowest BCUT2D eigenvalue weighted by Gasteiger charge is -2.10. The molecule has 0 amide bonds. The Labute approximate surface area is 135 Å². The van der Waals surface area contributed by atoms with E-state index in [9.17, 15) is 13.2 Å². The van der Waals surface area contributed by atoms with Gasteiger partial charge in [-0.1, -0.05) is 11.6 Å². The van der Waals surface area contributed by atoms with E-state index in [-0.39, 0.29) is 21.3 Å². The van der Waals surface area contributed by atoms with Crippen LogP contribution in [0.2, 0.25) is 5.15 Å². The smallest absolute Gasteiger partial charge is 0.265 e. The first-order valence-corrected chi connectivity index (χ1v) is 8.53. The average molecular weight is 393 g/mol. The number of nitrogens with zero attached hydrogens (tertiary/aromatic N) is 2. The van der Waals surface area contributed by atoms with Crippen molar-refractivity contribution in [1.29, 1.82) is 0 Å². The van der Waals surface area contributed by atoms with E-state index in [1.807, 2.05) is 0 Å². The van der Waals surface area contributed by atoms with Crippen LogP contribution in [-0.4, -0.2) is 18.0 Å². The van der Waals surface area contributed by atoms with Gasteiger partial charge in [0.15, 0.2) is 0 Å². The first kappa shape index (κ1) is 16.0. The molecule has 9 heteroatoms. The van der Waals surface area contributed by atoms with Crippen LogP contribution in [0.4, 0.5) is 5.69 Å². The van der Waals surface area contributed by atoms with Crippen molar-refractivity contribution in [2.75, 3.05) is 4.72 Å². The van der Waals surface area contributed by atoms with Gasteiger partial charge in [0.2, 0.25) is 0 Å². The Hall–Kier alpha value is -1.38. The Morgan fingerprint density at radius 2 is 2.14 bits per heavy atom. The lowest BCUT2D eigenvalue weighted by Crippen LogP contribution is -2.20. The molecular weight excluding hydrogens is 382 g/mol. The zero-order chi connectivity index (χ0) is 15.6. The Bertz CT molecular complexity index is 836. The molecule has 0 aromatic carbocycles. The summed E-state index contributed by atoms with van der Waals surface area (Å²) < 4.78 is 28.9. The van der Waals surface area contributed by atoms with Crippen LogP contribution in [0.15, 0.2) is 44.8 Å². The van der Waals surface area contributed by atoms with Crippen molar-refractivity contribution < 1.29 is 8.42 Å². The lowest BCUT2D eigenvalue weighted by atomic mass is 10.4. The van der Waals surface area contributed by atoms with Crippen molar-refractivity contribution in [2.24, 2.45) is 0 Å². The van der Waals surface area contributed by atoms with Crippen LogP contribution in [0, 0.1) is 0 Å². The van der Waals surface area contributed by atoms with Gasteiger partial charge < -0.3 is 4.57 Å². The minimum absolute atomic E-state index is 0.130. The highest BCUT2D eigenvalue weighted by Gasteiger charge is 2.19. The number of anilines is 1. The van der Waals surface area contributed by atoms with Crippen LogP contribution < -0.4 is 10.3 Å². The van der Waals surface area contributed by atoms with Gasteiger partial charge in [-0.2, -0.15) is 0 Å². The summed E-state index contributed by atoms with van der Waals surface area (Å²) in [6.45, 7) is 2.22. The molecule has 0 bridgehead atoms. The van der Waals surface area contributed by atoms with Crippen LogP contribution in [0.25, 0.3) is 0 Å². The normalized spacial score (nSPS) is 11.4. The molecular formula is C12H11BrClN3O3S. The van der Waals surface area contributed by atoms with Crippen molar-refractivity contribution in [3.63, 3.8) is 0 Å². The third-order valence-electron chi connectivity index (χ3n) is 2.64. The summed E-state index contributed by atoms with van der Waals surface area (Å²) in [5.41, 5.74) is 0.0649. The van der Waals surface area contributed by atoms with Crippen molar-refractivity contribution >= 4 is 43.2 Å². The molecule has 112 valence electrons. The molecule has 1 N–H and O–H groups in total. The molecule has 0 radical (unpaired) electrons. The fourth-order valence-electron chi connectivity index (χ4n) is 1.64. The molecule has 0 atom stereocenters. The Balaban J connectivity index is 2.42. The zero-order valence-corrected chi connectivity index (χ0v) is 14.0. The van der Waals surface area contributed by atoms with Gasteiger partial charge in [0.25, 0.3) is 15.6 Å². The van der Waals surface area contributed by atoms with E-state index in [1.165, 1.54) is 35.2 Å². The molecule has 0 saturated heterocycles. The van der Waals surface area contributed by atoms with E-state index in [0.717, 1.165) is 0 Å². The molecule has 0 fully saturated rings. The molecule has 0 aliphatic heterocycles. The van der Waals surface area contributed by atoms with Gasteiger partial charge in [0.1, 0.15) is 10.0 Å². The summed E-state index contributed by atoms with van der Waals surface area (Å²) in [6, 6.07) is 4.04. The van der Waals surface area contributed by atoms with Crippen molar-refractivity contribution in [1.82, 2.24) is 9.55 Å². The first-order valence-electron chi connectivity index (χ1n) is 5.88. The minimum atomic E-state index is -3.89. The summed E-state index contributed by atoms with van der Waals surface area (Å²) in [5, 5.41) is -0.130. The highest BCUT2D eigenvalue weighted by molar-refractivity contribution is 9.10. The van der Waals surface area contributed by atoms with E-state index in [2.05, 4.69) is 25.6 Å². The van der Waals surface area contributed by atoms with Crippen LogP contribution in [0.5, 0.6) is 0 Å². The maximum Gasteiger partial charge on any atom is 0.265 e. The molecule has 0 unspecified atom stereocenters. The van der Waals surface area contributed by atoms with E-state index in [4.69, 9.17) is 11.6 Å². The number of nitrogens with one attached hydrogen (secondary N) is 1. The summed E-state index contributed by atoms with van der Waals surface area (Å²) in [6.07, 6.45) is 2.83. The number of pyridine rings is 2. The van der Waals surface area contributed by atoms with Crippen LogP contribution in [-0.2, 0) is 16.6 Å². The summed E-state index contributed by atoms with van der Waals surface area (Å²) in [5.74, 6) is 0. The highest BCUT2D eigenvalue weighted by Crippen LogP contribution is 2.24. The van der Waals surface area contributed by atoms with Crippen LogP contribution >= 0.6 is 27.5 Å². The zero-order valence-electron chi connectivity index (χ0n) is 10.9. The van der Waals surface area contributed by atoms with Gasteiger partial charge in [0, 0.05) is 29.5 Å². The second-order valence-electron chi connectivity index (χ2n) is 4.09. The predicted octanol–water partition coefficient (Wildman–Crippen LogP) is 2.48. The maximum atomic E-state index is 12.3. The summed E-state index contributed by atoms with van der Waals surface area (Å²) in [7, 11) is -3.89. The Morgan fingerprint density at radius 1 is 1.43 bits per heavy atom. The molecule has 2 heterocycles. The summed E-state index contributed by atoms with van der Waals surface area (Å²) in [4.78, 5) is 15.1. The van der Waals surface area contributed by atoms with Gasteiger partial charge in [-0.3, -0.25) is 9.52 Å². The number of sulfonamides is 1. The van der Waals surface area contributed by atoms with Gasteiger partial charge in [-0.15, -0.1) is 0 Å². The molecule has 0 aliphatic rings. The topological polar surface area (TPSA) is 81.1 Å². The third kappa shape index (κ3) is 3.63. The predicted molar refractivity (Wildman–Crippen MR) is 84.1 cm³/mol. The quantitative estimate of drug-likeness (QED) is 0.811. The molecule has 0 saturated carbocycles. The second-order valence-corrected chi connectivity index (χ2v) is 7.01. The average Bonchev–Trinajstić information content (AvgIpc) is 2.43. The van der Waals surface area contributed by atoms with Crippen molar-refractivity contribution in [3.05, 3.63) is 50.6 Å². The fourth-order valence-corrected chi connectivity index (χ4v) is 3.63. The molecule has 2 aromatic heterocycles. The van der Waals surface area contributed by atoms with E-state index >= 15 is 0 Å². The van der Waals surface area contributed by atoms with Crippen molar-refractivity contribution in [3.8, 4) is 0 Å². The highest BCUT2D eigenvalue weighted by atomic mass is 79.9. The van der Waals surface area contributed by atoms with Crippen molar-refractivity contribution in [2.45, 2.75) is 18.4 Å². The molecule has 2 aromatic rings. The van der Waals surface area contributed by atoms with E-state index in [1.54, 1.807) is 6.92 Å². The Morgan fingerprint density at radius 3 is 2.81 bits per heavy atom. The standard InChI is InChI=1S/C12H11BrClN3O3S/c1-2-17-7-9(3-4-11(17)18)16-21(19,20)10-5-8(13)6-15-12(10)14/h3-7,16H,2H2,1H3. The minimum Gasteiger partial charge on any atom is -0.314 e. The maximum absolute atomic E-state index is 12.3. The molecule has 6 nitrogen and oxygen atoms in total. The second kappa shape index (κ2) is 6.17. The van der Waals surface area contributed by atoms with E-state index < -0.39 is 10.0 Å². The first-order chi connectivity index (χ1) is 9.83. The third-order valence-corrected chi connectivity index (χ3v) is 4.88. The number of halogens is 2. The molecule has 0 aliphatic carbocycles. The van der Waals surface area contributed by atoms with Gasteiger partial charge >= 0.3 is 0 Å². The Kier molecular flexibility index (Phi) is 4.70. The van der Waals surface area contributed by atoms with Gasteiger partial charge in [0.05, 0.1) is 5.69 Å². The van der Waals surface area contributed by atoms with Gasteiger partial charge in [-0.25, -0.2) is 13.4 Å². The van der Waals surface area contributed by atoms with Crippen LogP contribution in [0.1, 0.15) is 6.92 Å². The molecule has 21 heavy (non-hydrogen) atoms.